The quantitative estimate of drug-likeness (QED) is 0.517. The molecule has 0 radical (unpaired) electrons. The van der Waals surface area contributed by atoms with Gasteiger partial charge in [0.15, 0.2) is 5.78 Å². The van der Waals surface area contributed by atoms with E-state index in [2.05, 4.69) is 22.6 Å². The molecule has 2 aromatic carbocycles. The average molecular weight is 416 g/mol. The molecule has 0 saturated carbocycles. The highest BCUT2D eigenvalue weighted by atomic mass is 127. The van der Waals surface area contributed by atoms with Crippen LogP contribution >= 0.6 is 45.8 Å². The minimum absolute atomic E-state index is 0.284. The van der Waals surface area contributed by atoms with E-state index in [9.17, 15) is 10.1 Å². The maximum absolute atomic E-state index is 12.4. The van der Waals surface area contributed by atoms with Crippen molar-refractivity contribution >= 4 is 51.6 Å². The summed E-state index contributed by atoms with van der Waals surface area (Å²) >= 11 is 14.0. The number of carbonyl (C=O) groups is 1. The van der Waals surface area contributed by atoms with Gasteiger partial charge in [0.25, 0.3) is 0 Å². The van der Waals surface area contributed by atoms with Crippen molar-refractivity contribution in [2.24, 2.45) is 0 Å². The van der Waals surface area contributed by atoms with E-state index < -0.39 is 5.92 Å². The fourth-order valence-corrected chi connectivity index (χ4v) is 2.50. The van der Waals surface area contributed by atoms with E-state index in [4.69, 9.17) is 23.2 Å². The third-order valence-electron chi connectivity index (χ3n) is 2.78. The van der Waals surface area contributed by atoms with Crippen LogP contribution in [-0.2, 0) is 0 Å². The number of carbonyl (C=O) groups excluding carboxylic acids is 1. The Bertz CT molecular complexity index is 709. The van der Waals surface area contributed by atoms with E-state index >= 15 is 0 Å². The van der Waals surface area contributed by atoms with Crippen molar-refractivity contribution in [1.82, 2.24) is 0 Å². The van der Waals surface area contributed by atoms with Gasteiger partial charge in [-0.05, 0) is 52.4 Å². The normalized spacial score (nSPS) is 11.7. The molecular weight excluding hydrogens is 408 g/mol. The van der Waals surface area contributed by atoms with Crippen molar-refractivity contribution in [3.8, 4) is 6.07 Å². The zero-order valence-corrected chi connectivity index (χ0v) is 13.8. The molecule has 0 aliphatic carbocycles. The highest BCUT2D eigenvalue weighted by molar-refractivity contribution is 14.1. The van der Waals surface area contributed by atoms with Gasteiger partial charge in [-0.15, -0.1) is 0 Å². The summed E-state index contributed by atoms with van der Waals surface area (Å²) in [4.78, 5) is 12.4. The lowest BCUT2D eigenvalue weighted by Gasteiger charge is -2.09. The molecule has 2 rings (SSSR count). The van der Waals surface area contributed by atoms with E-state index in [0.717, 1.165) is 3.57 Å². The minimum atomic E-state index is -0.884. The lowest BCUT2D eigenvalue weighted by Crippen LogP contribution is -2.11. The topological polar surface area (TPSA) is 40.9 Å². The lowest BCUT2D eigenvalue weighted by molar-refractivity contribution is 0.0979. The molecule has 2 aromatic rings. The standard InChI is InChI=1S/C15H8Cl2INO/c16-11-3-1-2-9(6-11)12(8-19)15(20)10-4-5-14(18)13(17)7-10/h1-7,12H. The molecule has 0 fully saturated rings. The first-order chi connectivity index (χ1) is 9.52. The van der Waals surface area contributed by atoms with Gasteiger partial charge in [-0.2, -0.15) is 5.26 Å². The Morgan fingerprint density at radius 3 is 2.55 bits per heavy atom. The first-order valence-electron chi connectivity index (χ1n) is 5.67. The molecule has 1 atom stereocenters. The largest absolute Gasteiger partial charge is 0.292 e. The predicted molar refractivity (Wildman–Crippen MR) is 88.3 cm³/mol. The van der Waals surface area contributed by atoms with Crippen LogP contribution in [0.2, 0.25) is 10.0 Å². The number of nitrogens with zero attached hydrogens (tertiary/aromatic N) is 1. The first kappa shape index (κ1) is 15.3. The van der Waals surface area contributed by atoms with Crippen LogP contribution in [0.4, 0.5) is 0 Å². The summed E-state index contributed by atoms with van der Waals surface area (Å²) in [7, 11) is 0. The second-order valence-electron chi connectivity index (χ2n) is 4.11. The molecule has 2 nitrogen and oxygen atoms in total. The molecule has 0 aliphatic rings. The van der Waals surface area contributed by atoms with Gasteiger partial charge in [-0.3, -0.25) is 4.79 Å². The van der Waals surface area contributed by atoms with Crippen LogP contribution in [0.3, 0.4) is 0 Å². The molecule has 0 aromatic heterocycles. The van der Waals surface area contributed by atoms with Crippen LogP contribution in [-0.4, -0.2) is 5.78 Å². The molecule has 0 aliphatic heterocycles. The summed E-state index contributed by atoms with van der Waals surface area (Å²) in [6.45, 7) is 0. The van der Waals surface area contributed by atoms with Crippen LogP contribution in [0.1, 0.15) is 21.8 Å². The molecule has 0 amide bonds. The van der Waals surface area contributed by atoms with Gasteiger partial charge in [0.05, 0.1) is 11.1 Å². The zero-order chi connectivity index (χ0) is 14.7. The lowest BCUT2D eigenvalue weighted by atomic mass is 9.92. The Labute approximate surface area is 140 Å². The molecule has 1 unspecified atom stereocenters. The summed E-state index contributed by atoms with van der Waals surface area (Å²) < 4.78 is 0.858. The number of hydrogen-bond acceptors (Lipinski definition) is 2. The molecule has 0 N–H and O–H groups in total. The van der Waals surface area contributed by atoms with Gasteiger partial charge in [0.1, 0.15) is 5.92 Å². The monoisotopic (exact) mass is 415 g/mol. The molecule has 0 heterocycles. The fraction of sp³-hybridized carbons (Fsp3) is 0.0667. The maximum atomic E-state index is 12.4. The molecular formula is C15H8Cl2INO. The maximum Gasteiger partial charge on any atom is 0.184 e. The van der Waals surface area contributed by atoms with Gasteiger partial charge in [0, 0.05) is 14.2 Å². The van der Waals surface area contributed by atoms with Crippen molar-refractivity contribution in [2.45, 2.75) is 5.92 Å². The Hall–Kier alpha value is -1.09. The van der Waals surface area contributed by atoms with Crippen molar-refractivity contribution in [3.63, 3.8) is 0 Å². The van der Waals surface area contributed by atoms with E-state index in [0.29, 0.717) is 21.2 Å². The van der Waals surface area contributed by atoms with E-state index in [1.807, 2.05) is 6.07 Å². The summed E-state index contributed by atoms with van der Waals surface area (Å²) in [5.41, 5.74) is 1.00. The van der Waals surface area contributed by atoms with Gasteiger partial charge < -0.3 is 0 Å². The molecule has 20 heavy (non-hydrogen) atoms. The number of halogens is 3. The Kier molecular flexibility index (Phi) is 5.03. The van der Waals surface area contributed by atoms with Gasteiger partial charge in [-0.1, -0.05) is 41.4 Å². The third-order valence-corrected chi connectivity index (χ3v) is 4.58. The van der Waals surface area contributed by atoms with E-state index in [1.54, 1.807) is 42.5 Å². The van der Waals surface area contributed by atoms with Crippen LogP contribution in [0.5, 0.6) is 0 Å². The third kappa shape index (κ3) is 3.32. The highest BCUT2D eigenvalue weighted by Gasteiger charge is 2.22. The number of rotatable bonds is 3. The Balaban J connectivity index is 2.39. The highest BCUT2D eigenvalue weighted by Crippen LogP contribution is 2.26. The average Bonchev–Trinajstić information content (AvgIpc) is 2.42. The van der Waals surface area contributed by atoms with Crippen LogP contribution in [0, 0.1) is 14.9 Å². The summed E-state index contributed by atoms with van der Waals surface area (Å²) in [6, 6.07) is 13.8. The van der Waals surface area contributed by atoms with Crippen molar-refractivity contribution < 1.29 is 4.79 Å². The summed E-state index contributed by atoms with van der Waals surface area (Å²) in [5, 5.41) is 10.3. The van der Waals surface area contributed by atoms with Crippen LogP contribution in [0.25, 0.3) is 0 Å². The molecule has 0 spiro atoms. The summed E-state index contributed by atoms with van der Waals surface area (Å²) in [6.07, 6.45) is 0. The summed E-state index contributed by atoms with van der Waals surface area (Å²) in [5.74, 6) is -1.17. The zero-order valence-electron chi connectivity index (χ0n) is 10.1. The Morgan fingerprint density at radius 1 is 1.20 bits per heavy atom. The van der Waals surface area contributed by atoms with Gasteiger partial charge >= 0.3 is 0 Å². The Morgan fingerprint density at radius 2 is 1.95 bits per heavy atom. The van der Waals surface area contributed by atoms with Crippen molar-refractivity contribution in [1.29, 1.82) is 5.26 Å². The van der Waals surface area contributed by atoms with Crippen molar-refractivity contribution in [3.05, 3.63) is 67.2 Å². The van der Waals surface area contributed by atoms with Crippen LogP contribution < -0.4 is 0 Å². The fourth-order valence-electron chi connectivity index (χ4n) is 1.79. The van der Waals surface area contributed by atoms with E-state index in [1.165, 1.54) is 0 Å². The SMILES string of the molecule is N#CC(C(=O)c1ccc(I)c(Cl)c1)c1cccc(Cl)c1. The predicted octanol–water partition coefficient (Wildman–Crippen LogP) is 5.09. The second-order valence-corrected chi connectivity index (χ2v) is 6.12. The molecule has 0 saturated heterocycles. The van der Waals surface area contributed by atoms with E-state index in [-0.39, 0.29) is 5.78 Å². The molecule has 100 valence electrons. The molecule has 5 heteroatoms. The number of benzene rings is 2. The number of nitriles is 1. The first-order valence-corrected chi connectivity index (χ1v) is 7.50. The van der Waals surface area contributed by atoms with Gasteiger partial charge in [0.2, 0.25) is 0 Å². The minimum Gasteiger partial charge on any atom is -0.292 e. The number of ketones is 1. The molecule has 0 bridgehead atoms. The van der Waals surface area contributed by atoms with Crippen molar-refractivity contribution in [2.75, 3.05) is 0 Å². The van der Waals surface area contributed by atoms with Gasteiger partial charge in [-0.25, -0.2) is 0 Å². The second kappa shape index (κ2) is 6.57. The number of hydrogen-bond donors (Lipinski definition) is 0. The smallest absolute Gasteiger partial charge is 0.184 e. The van der Waals surface area contributed by atoms with Crippen LogP contribution in [0.15, 0.2) is 42.5 Å². The number of Topliss-reactive ketones (excluding diaryl/α,β-unsaturated/α-hetero) is 1.